The summed E-state index contributed by atoms with van der Waals surface area (Å²) < 4.78 is 26.9. The fraction of sp³-hybridized carbons (Fsp3) is 0.882. The predicted octanol–water partition coefficient (Wildman–Crippen LogP) is 6.64. The van der Waals surface area contributed by atoms with Gasteiger partial charge >= 0.3 is 29.8 Å². The number of carbonyl (C=O) groups is 6. The molecule has 4 fully saturated rings. The van der Waals surface area contributed by atoms with E-state index in [0.29, 0.717) is 41.9 Å². The van der Waals surface area contributed by atoms with E-state index in [1.54, 1.807) is 72.1 Å². The van der Waals surface area contributed by atoms with Gasteiger partial charge < -0.3 is 34.1 Å². The number of fused-ring (bicyclic) bond motifs is 5. The largest absolute Gasteiger partial charge is 0.469 e. The number of hydrogen-bond acceptors (Lipinski definition) is 14. The van der Waals surface area contributed by atoms with Crippen molar-refractivity contribution < 1.29 is 57.6 Å². The molecule has 0 radical (unpaired) electrons. The molecule has 4 aliphatic carbocycles. The average molecular weight is 934 g/mol. The zero-order valence-corrected chi connectivity index (χ0v) is 43.0. The number of ether oxygens (including phenoxy) is 5. The van der Waals surface area contributed by atoms with Crippen LogP contribution >= 0.6 is 0 Å². The Morgan fingerprint density at radius 1 is 0.682 bits per heavy atom. The van der Waals surface area contributed by atoms with Gasteiger partial charge in [0.25, 0.3) is 0 Å². The van der Waals surface area contributed by atoms with E-state index in [1.165, 1.54) is 14.2 Å². The normalized spacial score (nSPS) is 29.7. The highest BCUT2D eigenvalue weighted by Gasteiger charge is 2.63. The lowest BCUT2D eigenvalue weighted by molar-refractivity contribution is -0.170. The van der Waals surface area contributed by atoms with Crippen LogP contribution in [-0.4, -0.2) is 133 Å². The first-order valence-corrected chi connectivity index (χ1v) is 24.7. The molecule has 0 aromatic carbocycles. The van der Waals surface area contributed by atoms with Crippen molar-refractivity contribution in [2.45, 2.75) is 195 Å². The van der Waals surface area contributed by atoms with Gasteiger partial charge in [-0.3, -0.25) is 38.6 Å². The summed E-state index contributed by atoms with van der Waals surface area (Å²) in [6.07, 6.45) is 8.63. The molecule has 11 atom stereocenters. The monoisotopic (exact) mass is 934 g/mol. The van der Waals surface area contributed by atoms with Crippen molar-refractivity contribution in [2.24, 2.45) is 46.3 Å². The Bertz CT molecular complexity index is 1670. The molecule has 15 heteroatoms. The molecule has 4 rings (SSSR count). The van der Waals surface area contributed by atoms with Gasteiger partial charge in [0, 0.05) is 32.0 Å². The molecular weight excluding hydrogens is 847 g/mol. The molecule has 0 bridgehead atoms. The van der Waals surface area contributed by atoms with Crippen LogP contribution in [0.4, 0.5) is 0 Å². The maximum absolute atomic E-state index is 13.8. The van der Waals surface area contributed by atoms with Crippen LogP contribution in [0.3, 0.4) is 0 Å². The molecule has 0 aromatic rings. The first-order chi connectivity index (χ1) is 30.5. The summed E-state index contributed by atoms with van der Waals surface area (Å²) in [5.41, 5.74) is -2.45. The van der Waals surface area contributed by atoms with Crippen LogP contribution in [0, 0.1) is 46.3 Å². The van der Waals surface area contributed by atoms with Crippen LogP contribution in [0.25, 0.3) is 0 Å². The number of rotatable bonds is 19. The number of nitrogens with zero attached hydrogens (tertiary/aromatic N) is 2. The SMILES string of the molecule is COC(=O)CC[C@@H](C)[C@H]1CC[C@H]2[C@@H]3CC[C@@H]4C[C@@H](NC(=O)CCC(C(=O)OC)N(CCN(CC(=O)OC(C)(C)C)CC(=O)OC(C)(C)C)CC(=O)OC(C)(C)C)CC[C@]4(C)[C@H]3C[C@H](O)[C@]12C. The Kier molecular flexibility index (Phi) is 18.8. The zero-order valence-electron chi connectivity index (χ0n) is 43.0. The van der Waals surface area contributed by atoms with Gasteiger partial charge in [0.2, 0.25) is 5.91 Å². The van der Waals surface area contributed by atoms with Crippen molar-refractivity contribution in [1.82, 2.24) is 15.1 Å². The van der Waals surface area contributed by atoms with Crippen molar-refractivity contribution in [3.8, 4) is 0 Å². The summed E-state index contributed by atoms with van der Waals surface area (Å²) >= 11 is 0. The molecule has 378 valence electrons. The number of aliphatic hydroxyl groups is 1. The lowest BCUT2D eigenvalue weighted by atomic mass is 9.43. The summed E-state index contributed by atoms with van der Waals surface area (Å²) in [5, 5.41) is 15.3. The fourth-order valence-electron chi connectivity index (χ4n) is 12.6. The van der Waals surface area contributed by atoms with Crippen LogP contribution in [-0.2, 0) is 52.5 Å². The van der Waals surface area contributed by atoms with Crippen molar-refractivity contribution in [1.29, 1.82) is 0 Å². The van der Waals surface area contributed by atoms with Crippen molar-refractivity contribution in [3.63, 3.8) is 0 Å². The Hall–Kier alpha value is -3.30. The highest BCUT2D eigenvalue weighted by Crippen LogP contribution is 2.68. The van der Waals surface area contributed by atoms with Gasteiger partial charge in [-0.2, -0.15) is 0 Å². The molecule has 0 aromatic heterocycles. The van der Waals surface area contributed by atoms with Gasteiger partial charge in [-0.15, -0.1) is 0 Å². The van der Waals surface area contributed by atoms with E-state index in [2.05, 4.69) is 26.1 Å². The number of hydrogen-bond donors (Lipinski definition) is 2. The van der Waals surface area contributed by atoms with Crippen molar-refractivity contribution in [2.75, 3.05) is 46.9 Å². The third-order valence-corrected chi connectivity index (χ3v) is 15.5. The highest BCUT2D eigenvalue weighted by atomic mass is 16.6. The highest BCUT2D eigenvalue weighted by molar-refractivity contribution is 5.80. The molecule has 0 heterocycles. The first-order valence-electron chi connectivity index (χ1n) is 24.7. The lowest BCUT2D eigenvalue weighted by Crippen LogP contribution is -2.59. The third-order valence-electron chi connectivity index (χ3n) is 15.5. The van der Waals surface area contributed by atoms with Gasteiger partial charge in [-0.05, 0) is 173 Å². The zero-order chi connectivity index (χ0) is 49.6. The van der Waals surface area contributed by atoms with Crippen molar-refractivity contribution in [3.05, 3.63) is 0 Å². The van der Waals surface area contributed by atoms with E-state index in [9.17, 15) is 33.9 Å². The van der Waals surface area contributed by atoms with E-state index in [0.717, 1.165) is 57.8 Å². The van der Waals surface area contributed by atoms with Gasteiger partial charge in [0.05, 0.1) is 40.0 Å². The number of methoxy groups -OCH3 is 2. The number of amides is 1. The molecule has 2 N–H and O–H groups in total. The summed E-state index contributed by atoms with van der Waals surface area (Å²) in [5.74, 6) is -0.191. The third kappa shape index (κ3) is 14.8. The van der Waals surface area contributed by atoms with Crippen LogP contribution in [0.2, 0.25) is 0 Å². The van der Waals surface area contributed by atoms with E-state index in [4.69, 9.17) is 23.7 Å². The molecule has 1 amide bonds. The van der Waals surface area contributed by atoms with Gasteiger partial charge in [-0.25, -0.2) is 0 Å². The first kappa shape index (κ1) is 55.3. The maximum atomic E-state index is 13.8. The summed E-state index contributed by atoms with van der Waals surface area (Å²) in [4.78, 5) is 81.8. The lowest BCUT2D eigenvalue weighted by Gasteiger charge is -2.62. The minimum absolute atomic E-state index is 0.00107. The predicted molar refractivity (Wildman–Crippen MR) is 250 cm³/mol. The second-order valence-corrected chi connectivity index (χ2v) is 23.6. The Morgan fingerprint density at radius 3 is 1.80 bits per heavy atom. The number of nitrogens with one attached hydrogen (secondary N) is 1. The van der Waals surface area contributed by atoms with Crippen LogP contribution in [0.15, 0.2) is 0 Å². The topological polar surface area (TPSA) is 187 Å². The summed E-state index contributed by atoms with van der Waals surface area (Å²) in [7, 11) is 2.70. The van der Waals surface area contributed by atoms with Gasteiger partial charge in [0.15, 0.2) is 0 Å². The summed E-state index contributed by atoms with van der Waals surface area (Å²) in [6.45, 7) is 22.0. The van der Waals surface area contributed by atoms with E-state index in [-0.39, 0.29) is 74.3 Å². The van der Waals surface area contributed by atoms with E-state index in [1.807, 2.05) is 0 Å². The smallest absolute Gasteiger partial charge is 0.323 e. The molecule has 4 saturated carbocycles. The van der Waals surface area contributed by atoms with E-state index >= 15 is 0 Å². The van der Waals surface area contributed by atoms with Crippen LogP contribution < -0.4 is 5.32 Å². The van der Waals surface area contributed by atoms with E-state index < -0.39 is 52.8 Å². The second-order valence-electron chi connectivity index (χ2n) is 23.6. The number of carbonyl (C=O) groups excluding carboxylic acids is 6. The second kappa shape index (κ2) is 22.4. The standard InChI is InChI=1S/C51H87N3O12/c1-32(15-22-42(57)62-13)36-18-19-37-35-17-16-33-27-34(23-24-50(33,11)38(35)28-40(55)51(36,37)12)52-41(56)21-20-39(46(61)63-14)54(31-45(60)66-49(8,9)10)26-25-53(29-43(58)64-47(2,3)4)30-44(59)65-48(5,6)7/h32-40,55H,15-31H2,1-14H3,(H,52,56)/t32-,33-,34+,35+,36-,37+,38+,39?,40+,50+,51-/m1/s1. The van der Waals surface area contributed by atoms with Gasteiger partial charge in [0.1, 0.15) is 22.8 Å². The van der Waals surface area contributed by atoms with Crippen molar-refractivity contribution >= 4 is 35.8 Å². The minimum atomic E-state index is -1.02. The molecule has 0 aliphatic heterocycles. The van der Waals surface area contributed by atoms with Gasteiger partial charge in [-0.1, -0.05) is 20.8 Å². The molecule has 4 aliphatic rings. The molecule has 15 nitrogen and oxygen atoms in total. The van der Waals surface area contributed by atoms with Crippen LogP contribution in [0.5, 0.6) is 0 Å². The maximum Gasteiger partial charge on any atom is 0.323 e. The Balaban J connectivity index is 1.43. The quantitative estimate of drug-likeness (QED) is 0.104. The average Bonchev–Trinajstić information content (AvgIpc) is 3.55. The molecular formula is C51H87N3O12. The number of esters is 5. The fourth-order valence-corrected chi connectivity index (χ4v) is 12.6. The molecule has 66 heavy (non-hydrogen) atoms. The molecule has 1 unspecified atom stereocenters. The Morgan fingerprint density at radius 2 is 1.26 bits per heavy atom. The number of aliphatic hydroxyl groups excluding tert-OH is 1. The summed E-state index contributed by atoms with van der Waals surface area (Å²) in [6, 6.07) is -1.04. The Labute approximate surface area is 395 Å². The molecule has 0 saturated heterocycles. The minimum Gasteiger partial charge on any atom is -0.469 e. The van der Waals surface area contributed by atoms with Crippen LogP contribution in [0.1, 0.15) is 160 Å². The molecule has 0 spiro atoms.